The smallest absolute Gasteiger partial charge is 0.457 e. The minimum atomic E-state index is -7.59. The Labute approximate surface area is 555 Å². The molecule has 0 radical (unpaired) electrons. The highest BCUT2D eigenvalue weighted by atomic mass is 19.5. The van der Waals surface area contributed by atoms with Crippen molar-refractivity contribution in [1.82, 2.24) is 44.9 Å². The number of alkyl halides is 36. The zero-order valence-corrected chi connectivity index (χ0v) is 51.1. The zero-order valence-electron chi connectivity index (χ0n) is 51.1. The fraction of sp³-hybridized carbons (Fsp3) is 0.830. The van der Waals surface area contributed by atoms with Crippen LogP contribution in [0.4, 0.5) is 164 Å². The van der Waals surface area contributed by atoms with E-state index in [1.165, 1.54) is 4.90 Å². The van der Waals surface area contributed by atoms with Crippen molar-refractivity contribution < 1.29 is 182 Å². The summed E-state index contributed by atoms with van der Waals surface area (Å²) in [6.07, 6.45) is -31.9. The van der Waals surface area contributed by atoms with Crippen LogP contribution in [0.15, 0.2) is 0 Å². The van der Waals surface area contributed by atoms with E-state index < -0.39 is 216 Å². The van der Waals surface area contributed by atoms with Gasteiger partial charge in [0.2, 0.25) is 5.95 Å². The number of ether oxygens (including phenoxy) is 5. The third-order valence-electron chi connectivity index (χ3n) is 19.5. The van der Waals surface area contributed by atoms with Crippen molar-refractivity contribution in [2.45, 2.75) is 194 Å². The maximum atomic E-state index is 15.0. The monoisotopic (exact) mass is 1580 g/mol. The second-order valence-electron chi connectivity index (χ2n) is 26.9. The lowest BCUT2D eigenvalue weighted by Crippen LogP contribution is -2.62. The van der Waals surface area contributed by atoms with Crippen LogP contribution in [0.2, 0.25) is 0 Å². The van der Waals surface area contributed by atoms with E-state index in [9.17, 15) is 158 Å². The van der Waals surface area contributed by atoms with Gasteiger partial charge in [0.15, 0.2) is 26.4 Å². The Morgan fingerprint density at radius 1 is 0.288 bits per heavy atom. The summed E-state index contributed by atoms with van der Waals surface area (Å²) in [7, 11) is 0. The predicted molar refractivity (Wildman–Crippen MR) is 264 cm³/mol. The minimum Gasteiger partial charge on any atom is -0.457 e. The van der Waals surface area contributed by atoms with Crippen molar-refractivity contribution >= 4 is 5.95 Å². The molecule has 9 fully saturated rings. The molecule has 0 N–H and O–H groups in total. The summed E-state index contributed by atoms with van der Waals surface area (Å²) >= 11 is 0. The van der Waals surface area contributed by atoms with Crippen molar-refractivity contribution in [3.8, 4) is 24.0 Å². The van der Waals surface area contributed by atoms with Crippen LogP contribution in [0.1, 0.15) is 100 Å². The van der Waals surface area contributed by atoms with E-state index in [1.807, 2.05) is 0 Å². The second kappa shape index (κ2) is 24.5. The first-order valence-corrected chi connectivity index (χ1v) is 29.8. The largest absolute Gasteiger partial charge is 0.460 e. The van der Waals surface area contributed by atoms with Crippen molar-refractivity contribution in [1.29, 1.82) is 0 Å². The van der Waals surface area contributed by atoms with E-state index in [2.05, 4.69) is 48.9 Å². The minimum absolute atomic E-state index is 0.0601. The molecule has 8 bridgehead atoms. The molecular weight excluding hydrogens is 1540 g/mol. The van der Waals surface area contributed by atoms with Crippen LogP contribution in [0, 0.1) is 23.7 Å². The van der Waals surface area contributed by atoms with Gasteiger partial charge in [-0.15, -0.1) is 9.97 Å². The van der Waals surface area contributed by atoms with E-state index in [1.54, 1.807) is 0 Å². The van der Waals surface area contributed by atoms with Crippen LogP contribution in [0.3, 0.4) is 0 Å². The van der Waals surface area contributed by atoms with E-state index in [0.717, 1.165) is 0 Å². The first-order valence-electron chi connectivity index (χ1n) is 29.8. The number of aromatic nitrogens is 9. The number of morpholine rings is 1. The molecule has 3 aromatic heterocycles. The van der Waals surface area contributed by atoms with Crippen LogP contribution in [0.5, 0.6) is 24.0 Å². The summed E-state index contributed by atoms with van der Waals surface area (Å²) in [5.74, 6) is -92.6. The molecule has 1 saturated heterocycles. The summed E-state index contributed by atoms with van der Waals surface area (Å²) in [5.41, 5.74) is -7.09. The molecule has 12 rings (SSSR count). The maximum absolute atomic E-state index is 15.0. The quantitative estimate of drug-likeness (QED) is 0.0735. The van der Waals surface area contributed by atoms with Gasteiger partial charge < -0.3 is 28.6 Å². The molecule has 3 aromatic rings. The molecule has 0 aromatic carbocycles. The first-order chi connectivity index (χ1) is 46.8. The molecule has 8 aliphatic carbocycles. The normalized spacial score (nSPS) is 27.2. The standard InChI is InChI=1S/C53H44F36N10O5/c54-38(55,42(62,63)46(70,71)50(78,79)80)17-101-30-93-27(94-31(97-30)102-18-39(56,57)43(64,65)47(72,73)51(81,82)83)36-11-21-5-22(12-36)8-34(7-21,15-36)25-90-26(92-29(91-25)99-1-3-100-4-2-99)35-9-23-6-24(10-35)14-37(13-23,16-35)28-95-32(103-19-40(58,59)44(66,67)48(74,75)52(84,85)86)98-33(96-28)104-20-41(60,61)45(68,69)49(76,77)53(87,88)89/h21-24H,1-20H2. The lowest BCUT2D eigenvalue weighted by molar-refractivity contribution is -0.398. The first kappa shape index (κ1) is 80.0. The van der Waals surface area contributed by atoms with E-state index >= 15 is 0 Å². The van der Waals surface area contributed by atoms with Crippen LogP contribution in [0.25, 0.3) is 0 Å². The SMILES string of the molecule is FC(F)(F)C(F)(F)C(F)(F)C(F)(F)COc1nc(OCC(F)(F)C(F)(F)C(F)(F)C(F)(F)F)nc(C23CC4CC(C2)CC(c2nc(N5CCOCC5)nc(C56CC7CC(CC(c8nc(OCC(F)(F)C(F)(F)C(F)(F)C(F)(F)F)nc(OCC(F)(F)C(F)(F)C(F)(F)C(F)(F)F)n8)(C7)C5)C6)n2)(C4)C3)n1. The molecule has 0 amide bonds. The number of nitrogens with zero attached hydrogens (tertiary/aromatic N) is 10. The van der Waals surface area contributed by atoms with Gasteiger partial charge in [-0.05, 0) is 101 Å². The van der Waals surface area contributed by atoms with Crippen LogP contribution in [-0.2, 0) is 26.4 Å². The molecule has 4 atom stereocenters. The Balaban J connectivity index is 1.06. The third kappa shape index (κ3) is 12.9. The highest BCUT2D eigenvalue weighted by molar-refractivity contribution is 5.38. The highest BCUT2D eigenvalue weighted by Gasteiger charge is 2.86. The maximum Gasteiger partial charge on any atom is 0.460 e. The molecule has 588 valence electrons. The second-order valence-corrected chi connectivity index (χ2v) is 26.9. The predicted octanol–water partition coefficient (Wildman–Crippen LogP) is 15.0. The van der Waals surface area contributed by atoms with Gasteiger partial charge in [-0.25, -0.2) is 4.98 Å². The number of halogens is 36. The average molecular weight is 1580 g/mol. The Bertz CT molecular complexity index is 3300. The van der Waals surface area contributed by atoms with Gasteiger partial charge in [0.25, 0.3) is 0 Å². The van der Waals surface area contributed by atoms with Gasteiger partial charge in [-0.3, -0.25) is 0 Å². The molecule has 0 spiro atoms. The van der Waals surface area contributed by atoms with E-state index in [0.29, 0.717) is 0 Å². The average Bonchev–Trinajstić information content (AvgIpc) is 0.696. The van der Waals surface area contributed by atoms with Gasteiger partial charge in [0.05, 0.1) is 13.2 Å². The number of anilines is 1. The Morgan fingerprint density at radius 3 is 0.712 bits per heavy atom. The van der Waals surface area contributed by atoms with Gasteiger partial charge in [-0.1, -0.05) is 0 Å². The fourth-order valence-corrected chi connectivity index (χ4v) is 15.3. The summed E-state index contributed by atoms with van der Waals surface area (Å²) in [6, 6.07) is -8.02. The van der Waals surface area contributed by atoms with E-state index in [4.69, 9.17) is 19.7 Å². The van der Waals surface area contributed by atoms with Gasteiger partial charge in [0.1, 0.15) is 23.3 Å². The molecule has 15 nitrogen and oxygen atoms in total. The Hall–Kier alpha value is -6.53. The summed E-state index contributed by atoms with van der Waals surface area (Å²) in [4.78, 5) is 36.7. The number of hydrogen-bond donors (Lipinski definition) is 0. The van der Waals surface area contributed by atoms with Crippen molar-refractivity contribution in [3.63, 3.8) is 0 Å². The van der Waals surface area contributed by atoms with Crippen molar-refractivity contribution in [2.75, 3.05) is 57.6 Å². The Kier molecular flexibility index (Phi) is 18.8. The highest BCUT2D eigenvalue weighted by Crippen LogP contribution is 2.69. The molecule has 4 heterocycles. The molecule has 9 aliphatic rings. The molecular formula is C53H44F36N10O5. The lowest BCUT2D eigenvalue weighted by atomic mass is 9.43. The molecule has 1 aliphatic heterocycles. The van der Waals surface area contributed by atoms with Gasteiger partial charge in [-0.2, -0.15) is 188 Å². The zero-order chi connectivity index (χ0) is 78.1. The molecule has 51 heteroatoms. The Morgan fingerprint density at radius 2 is 0.500 bits per heavy atom. The lowest BCUT2D eigenvalue weighted by Gasteiger charge is -2.61. The topological polar surface area (TPSA) is 165 Å². The van der Waals surface area contributed by atoms with Crippen molar-refractivity contribution in [2.24, 2.45) is 23.7 Å². The number of rotatable bonds is 25. The van der Waals surface area contributed by atoms with E-state index in [-0.39, 0.29) is 108 Å². The van der Waals surface area contributed by atoms with Crippen LogP contribution < -0.4 is 23.8 Å². The molecule has 8 saturated carbocycles. The molecule has 4 unspecified atom stereocenters. The third-order valence-corrected chi connectivity index (χ3v) is 19.5. The van der Waals surface area contributed by atoms with Crippen LogP contribution >= 0.6 is 0 Å². The number of hydrogen-bond acceptors (Lipinski definition) is 15. The van der Waals surface area contributed by atoms with Crippen molar-refractivity contribution in [3.05, 3.63) is 23.3 Å². The summed E-state index contributed by atoms with van der Waals surface area (Å²) < 4.78 is 526. The van der Waals surface area contributed by atoms with Gasteiger partial charge >= 0.3 is 120 Å². The summed E-state index contributed by atoms with van der Waals surface area (Å²) in [5, 5.41) is 0. The van der Waals surface area contributed by atoms with Gasteiger partial charge in [0, 0.05) is 34.7 Å². The summed E-state index contributed by atoms with van der Waals surface area (Å²) in [6.45, 7) is -13.6. The van der Waals surface area contributed by atoms with Crippen LogP contribution in [-0.4, -0.2) is 193 Å². The fourth-order valence-electron chi connectivity index (χ4n) is 15.3. The molecule has 104 heavy (non-hydrogen) atoms.